The first-order chi connectivity index (χ1) is 2.00. The average Bonchev–Trinajstić information content (AvgIpc) is 0.722. The van der Waals surface area contributed by atoms with Crippen LogP contribution >= 0.6 is 0 Å². The Bertz CT molecular complexity index is 23.6. The fourth-order valence-corrected chi connectivity index (χ4v) is 0. The van der Waals surface area contributed by atoms with E-state index in [1.165, 1.54) is 0 Å². The molecule has 0 fully saturated rings. The van der Waals surface area contributed by atoms with E-state index in [2.05, 4.69) is 0 Å². The summed E-state index contributed by atoms with van der Waals surface area (Å²) in [5.41, 5.74) is 0. The fraction of sp³-hybridized carbons (Fsp3) is 0. The molecule has 7 heteroatoms. The summed E-state index contributed by atoms with van der Waals surface area (Å²) in [6, 6.07) is 0. The molecule has 0 aliphatic heterocycles. The van der Waals surface area contributed by atoms with Gasteiger partial charge < -0.3 is 5.48 Å². The van der Waals surface area contributed by atoms with E-state index in [0.717, 1.165) is 0 Å². The predicted octanol–water partition coefficient (Wildman–Crippen LogP) is -5.33. The van der Waals surface area contributed by atoms with E-state index in [9.17, 15) is 0 Å². The van der Waals surface area contributed by atoms with Crippen molar-refractivity contribution in [2.24, 2.45) is 0 Å². The van der Waals surface area contributed by atoms with E-state index >= 15 is 0 Å². The molecule has 0 saturated carbocycles. The molecule has 0 aliphatic carbocycles. The van der Waals surface area contributed by atoms with Crippen molar-refractivity contribution in [1.82, 2.24) is 0 Å². The van der Waals surface area contributed by atoms with Crippen LogP contribution in [-0.4, -0.2) is 47.9 Å². The maximum Gasteiger partial charge on any atom is 0.0777 e. The quantitative estimate of drug-likeness (QED) is 0.354. The third kappa shape index (κ3) is 115. The Kier molecular flexibility index (Phi) is 12.4. The Morgan fingerprint density at radius 3 is 1.14 bits per heavy atom. The van der Waals surface area contributed by atoms with Crippen molar-refractivity contribution in [2.45, 2.75) is 0 Å². The van der Waals surface area contributed by atoms with Gasteiger partial charge >= 0.3 is 0 Å². The van der Waals surface area contributed by atoms with Crippen LogP contribution in [0.3, 0.4) is 0 Å². The molecule has 0 rings (SSSR count). The predicted molar refractivity (Wildman–Crippen MR) is 11.6 cm³/mol. The van der Waals surface area contributed by atoms with Crippen molar-refractivity contribution in [2.75, 3.05) is 0 Å². The first kappa shape index (κ1) is 15.8. The molecule has 0 unspecified atom stereocenters. The van der Waals surface area contributed by atoms with Gasteiger partial charge in [-0.05, 0) is 0 Å². The minimum absolute atomic E-state index is 0. The summed E-state index contributed by atoms with van der Waals surface area (Å²) in [5, 5.41) is 0. The minimum Gasteiger partial charge on any atom is -0.412 e. The molecule has 0 aliphatic rings. The van der Waals surface area contributed by atoms with E-state index in [-0.39, 0.29) is 43.2 Å². The van der Waals surface area contributed by atoms with Crippen molar-refractivity contribution in [1.29, 1.82) is 0 Å². The Hall–Kier alpha value is 1.35. The minimum atomic E-state index is -4.69. The van der Waals surface area contributed by atoms with Gasteiger partial charge in [0, 0.05) is 37.7 Å². The first-order valence-electron chi connectivity index (χ1n) is 0.632. The number of rotatable bonds is 0. The standard InChI is InChI=1S/Ca.ClHO4.H2O/c;2-1(3,4)5;/h;(H,2,3,4,5);1H2. The molecule has 0 saturated heterocycles. The summed E-state index contributed by atoms with van der Waals surface area (Å²) >= 11 is 0. The smallest absolute Gasteiger partial charge is 0.0777 e. The molecular weight excluding hydrogens is 156 g/mol. The van der Waals surface area contributed by atoms with Gasteiger partial charge in [0.25, 0.3) is 0 Å². The van der Waals surface area contributed by atoms with Crippen molar-refractivity contribution in [3.8, 4) is 0 Å². The van der Waals surface area contributed by atoms with Crippen molar-refractivity contribution >= 4 is 37.7 Å². The van der Waals surface area contributed by atoms with E-state index in [1.54, 1.807) is 0 Å². The normalized spacial score (nSPS) is 8.57. The molecule has 0 aromatic heterocycles. The summed E-state index contributed by atoms with van der Waals surface area (Å²) in [4.78, 5) is 0. The monoisotopic (exact) mass is 158 g/mol. The molecular formula is H3CaClO5. The van der Waals surface area contributed by atoms with Crippen LogP contribution in [0.5, 0.6) is 0 Å². The van der Waals surface area contributed by atoms with E-state index in [0.29, 0.717) is 0 Å². The first-order valence-corrected chi connectivity index (χ1v) is 1.90. The largest absolute Gasteiger partial charge is 0.412 e. The molecule has 7 heavy (non-hydrogen) atoms. The Morgan fingerprint density at radius 2 is 1.14 bits per heavy atom. The van der Waals surface area contributed by atoms with Gasteiger partial charge in [-0.3, -0.25) is 0 Å². The molecule has 0 amide bonds. The second kappa shape index (κ2) is 5.49. The molecule has 0 bridgehead atoms. The molecule has 0 atom stereocenters. The molecule has 42 valence electrons. The summed E-state index contributed by atoms with van der Waals surface area (Å²) in [5.74, 6) is 0. The summed E-state index contributed by atoms with van der Waals surface area (Å²) < 4.78 is 32.7. The molecule has 0 spiro atoms. The molecule has 2 radical (unpaired) electrons. The van der Waals surface area contributed by atoms with E-state index in [1.807, 2.05) is 0 Å². The molecule has 3 N–H and O–H groups in total. The van der Waals surface area contributed by atoms with Crippen LogP contribution < -0.4 is 14.0 Å². The Balaban J connectivity index is -0.0000000800. The van der Waals surface area contributed by atoms with Gasteiger partial charge in [0.2, 0.25) is 0 Å². The van der Waals surface area contributed by atoms with Crippen LogP contribution in [-0.2, 0) is 0 Å². The van der Waals surface area contributed by atoms with Gasteiger partial charge in [-0.15, -0.1) is 0 Å². The fourth-order valence-electron chi connectivity index (χ4n) is 0. The van der Waals surface area contributed by atoms with Crippen molar-refractivity contribution < 1.29 is 34.4 Å². The van der Waals surface area contributed by atoms with Crippen molar-refractivity contribution in [3.05, 3.63) is 0 Å². The van der Waals surface area contributed by atoms with E-state index < -0.39 is 10.2 Å². The SMILES string of the molecule is O.[Ca].[O-][Cl+3]([O-])([O-])O. The van der Waals surface area contributed by atoms with Crippen LogP contribution in [0.25, 0.3) is 0 Å². The van der Waals surface area contributed by atoms with Crippen LogP contribution in [0.4, 0.5) is 0 Å². The summed E-state index contributed by atoms with van der Waals surface area (Å²) in [6.45, 7) is 0. The molecule has 5 nitrogen and oxygen atoms in total. The summed E-state index contributed by atoms with van der Waals surface area (Å²) in [7, 11) is -4.69. The van der Waals surface area contributed by atoms with Gasteiger partial charge in [0.1, 0.15) is 0 Å². The van der Waals surface area contributed by atoms with Gasteiger partial charge in [0.15, 0.2) is 0 Å². The third-order valence-corrected chi connectivity index (χ3v) is 0. The molecule has 0 heterocycles. The number of hydrogen-bond acceptors (Lipinski definition) is 4. The topological polar surface area (TPSA) is 121 Å². The van der Waals surface area contributed by atoms with Gasteiger partial charge in [-0.25, -0.2) is 0 Å². The van der Waals surface area contributed by atoms with Gasteiger partial charge in [-0.1, -0.05) is 0 Å². The van der Waals surface area contributed by atoms with E-state index in [4.69, 9.17) is 18.6 Å². The summed E-state index contributed by atoms with van der Waals surface area (Å²) in [6.07, 6.45) is 0. The van der Waals surface area contributed by atoms with Crippen molar-refractivity contribution in [3.63, 3.8) is 0 Å². The zero-order valence-electron chi connectivity index (χ0n) is 3.26. The Labute approximate surface area is 71.6 Å². The zero-order chi connectivity index (χ0) is 4.50. The average molecular weight is 159 g/mol. The van der Waals surface area contributed by atoms with Gasteiger partial charge in [0.05, 0.1) is 14.9 Å². The Morgan fingerprint density at radius 1 is 1.14 bits per heavy atom. The third-order valence-electron chi connectivity index (χ3n) is 0. The second-order valence-electron chi connectivity index (χ2n) is 0.396. The zero-order valence-corrected chi connectivity index (χ0v) is 6.22. The van der Waals surface area contributed by atoms with Crippen LogP contribution in [0, 0.1) is 10.2 Å². The van der Waals surface area contributed by atoms with Crippen LogP contribution in [0.15, 0.2) is 0 Å². The number of hydrogen-bond donors (Lipinski definition) is 1. The maximum atomic E-state index is 8.60. The molecule has 0 aromatic rings. The van der Waals surface area contributed by atoms with Crippen LogP contribution in [0.2, 0.25) is 0 Å². The maximum absolute atomic E-state index is 8.60. The van der Waals surface area contributed by atoms with Gasteiger partial charge in [-0.2, -0.15) is 14.0 Å². The second-order valence-corrected chi connectivity index (χ2v) is 1.19. The number of halogens is 1. The van der Waals surface area contributed by atoms with Crippen LogP contribution in [0.1, 0.15) is 0 Å². The molecule has 0 aromatic carbocycles.